The second-order valence-electron chi connectivity index (χ2n) is 3.77. The first-order valence-corrected chi connectivity index (χ1v) is 5.49. The lowest BCUT2D eigenvalue weighted by molar-refractivity contribution is 0.671. The van der Waals surface area contributed by atoms with Crippen LogP contribution in [0.2, 0.25) is 0 Å². The molecule has 0 unspecified atom stereocenters. The summed E-state index contributed by atoms with van der Waals surface area (Å²) in [6.07, 6.45) is 2.16. The van der Waals surface area contributed by atoms with Gasteiger partial charge in [-0.15, -0.1) is 0 Å². The molecule has 0 aliphatic heterocycles. The summed E-state index contributed by atoms with van der Waals surface area (Å²) in [6.45, 7) is 6.35. The lowest BCUT2D eigenvalue weighted by atomic mass is 10.1. The second kappa shape index (κ2) is 5.41. The predicted octanol–water partition coefficient (Wildman–Crippen LogP) is 3.47. The Kier molecular flexibility index (Phi) is 4.17. The lowest BCUT2D eigenvalue weighted by Crippen LogP contribution is -2.18. The Morgan fingerprint density at radius 1 is 1.33 bits per heavy atom. The van der Waals surface area contributed by atoms with Gasteiger partial charge < -0.3 is 5.32 Å². The van der Waals surface area contributed by atoms with Gasteiger partial charge in [0.1, 0.15) is 6.07 Å². The average Bonchev–Trinajstić information content (AvgIpc) is 2.27. The summed E-state index contributed by atoms with van der Waals surface area (Å²) in [5, 5.41) is 12.5. The van der Waals surface area contributed by atoms with E-state index in [9.17, 15) is 0 Å². The third kappa shape index (κ3) is 2.73. The van der Waals surface area contributed by atoms with E-state index in [1.54, 1.807) is 0 Å². The summed E-state index contributed by atoms with van der Waals surface area (Å²) in [6, 6.07) is 8.50. The minimum absolute atomic E-state index is 0.457. The number of nitrogens with one attached hydrogen (secondary N) is 1. The molecule has 0 saturated carbocycles. The molecule has 0 atom stereocenters. The van der Waals surface area contributed by atoms with E-state index < -0.39 is 0 Å². The lowest BCUT2D eigenvalue weighted by Gasteiger charge is -2.18. The summed E-state index contributed by atoms with van der Waals surface area (Å²) in [5.41, 5.74) is 2.87. The molecule has 0 radical (unpaired) electrons. The zero-order valence-electron chi connectivity index (χ0n) is 9.67. The number of aryl methyl sites for hydroxylation is 1. The number of hydrogen-bond acceptors (Lipinski definition) is 2. The third-order valence-corrected chi connectivity index (χ3v) is 2.73. The molecular weight excluding hydrogens is 184 g/mol. The molecule has 2 heteroatoms. The van der Waals surface area contributed by atoms with Crippen molar-refractivity contribution in [3.05, 3.63) is 29.3 Å². The van der Waals surface area contributed by atoms with Gasteiger partial charge in [0.15, 0.2) is 0 Å². The molecule has 0 amide bonds. The Bertz CT molecular complexity index is 359. The third-order valence-electron chi connectivity index (χ3n) is 2.73. The molecule has 0 fully saturated rings. The van der Waals surface area contributed by atoms with Gasteiger partial charge in [0, 0.05) is 6.04 Å². The molecule has 80 valence electrons. The first-order valence-electron chi connectivity index (χ1n) is 5.49. The maximum Gasteiger partial charge on any atom is 0.101 e. The molecule has 1 aromatic rings. The smallest absolute Gasteiger partial charge is 0.101 e. The number of nitrogens with zero attached hydrogens (tertiary/aromatic N) is 1. The van der Waals surface area contributed by atoms with Crippen molar-refractivity contribution >= 4 is 5.69 Å². The molecule has 15 heavy (non-hydrogen) atoms. The van der Waals surface area contributed by atoms with Gasteiger partial charge in [-0.1, -0.05) is 26.0 Å². The summed E-state index contributed by atoms with van der Waals surface area (Å²) in [4.78, 5) is 0. The standard InChI is InChI=1S/C13H18N2/c1-4-12(5-2)15-13-10(3)7-6-8-11(13)9-14/h6-8,12,15H,4-5H2,1-3H3. The molecule has 0 aromatic heterocycles. The van der Waals surface area contributed by atoms with Crippen LogP contribution in [0.4, 0.5) is 5.69 Å². The van der Waals surface area contributed by atoms with Crippen molar-refractivity contribution in [3.8, 4) is 6.07 Å². The number of hydrogen-bond donors (Lipinski definition) is 1. The summed E-state index contributed by atoms with van der Waals surface area (Å²) >= 11 is 0. The van der Waals surface area contributed by atoms with E-state index in [1.807, 2.05) is 25.1 Å². The highest BCUT2D eigenvalue weighted by molar-refractivity contribution is 5.62. The van der Waals surface area contributed by atoms with Crippen LogP contribution in [0.1, 0.15) is 37.8 Å². The fourth-order valence-electron chi connectivity index (χ4n) is 1.65. The first-order chi connectivity index (χ1) is 7.22. The van der Waals surface area contributed by atoms with Gasteiger partial charge in [-0.25, -0.2) is 0 Å². The molecule has 1 N–H and O–H groups in total. The van der Waals surface area contributed by atoms with Crippen molar-refractivity contribution < 1.29 is 0 Å². The van der Waals surface area contributed by atoms with Gasteiger partial charge >= 0.3 is 0 Å². The van der Waals surface area contributed by atoms with Crippen LogP contribution < -0.4 is 5.32 Å². The zero-order chi connectivity index (χ0) is 11.3. The van der Waals surface area contributed by atoms with Crippen LogP contribution in [-0.4, -0.2) is 6.04 Å². The molecule has 0 aliphatic rings. The fourth-order valence-corrected chi connectivity index (χ4v) is 1.65. The molecule has 0 bridgehead atoms. The molecule has 0 saturated heterocycles. The maximum absolute atomic E-state index is 9.01. The summed E-state index contributed by atoms with van der Waals surface area (Å²) in [5.74, 6) is 0. The van der Waals surface area contributed by atoms with Crippen molar-refractivity contribution in [2.45, 2.75) is 39.7 Å². The summed E-state index contributed by atoms with van der Waals surface area (Å²) in [7, 11) is 0. The van der Waals surface area contributed by atoms with Crippen molar-refractivity contribution in [1.29, 1.82) is 5.26 Å². The van der Waals surface area contributed by atoms with Gasteiger partial charge in [-0.2, -0.15) is 5.26 Å². The molecule has 0 spiro atoms. The molecule has 0 aliphatic carbocycles. The number of nitriles is 1. The van der Waals surface area contributed by atoms with Crippen molar-refractivity contribution in [2.24, 2.45) is 0 Å². The minimum atomic E-state index is 0.457. The second-order valence-corrected chi connectivity index (χ2v) is 3.77. The number of anilines is 1. The molecule has 2 nitrogen and oxygen atoms in total. The normalized spacial score (nSPS) is 10.1. The van der Waals surface area contributed by atoms with Crippen molar-refractivity contribution in [2.75, 3.05) is 5.32 Å². The van der Waals surface area contributed by atoms with Crippen LogP contribution in [0.15, 0.2) is 18.2 Å². The van der Waals surface area contributed by atoms with Crippen LogP contribution in [-0.2, 0) is 0 Å². The predicted molar refractivity (Wildman–Crippen MR) is 63.9 cm³/mol. The Morgan fingerprint density at radius 2 is 2.00 bits per heavy atom. The van der Waals surface area contributed by atoms with E-state index >= 15 is 0 Å². The Morgan fingerprint density at radius 3 is 2.53 bits per heavy atom. The van der Waals surface area contributed by atoms with Crippen LogP contribution in [0.3, 0.4) is 0 Å². The van der Waals surface area contributed by atoms with E-state index in [0.29, 0.717) is 6.04 Å². The van der Waals surface area contributed by atoms with Gasteiger partial charge in [0.25, 0.3) is 0 Å². The van der Waals surface area contributed by atoms with E-state index in [2.05, 4.69) is 25.2 Å². The van der Waals surface area contributed by atoms with Crippen molar-refractivity contribution in [3.63, 3.8) is 0 Å². The molecule has 1 aromatic carbocycles. The first kappa shape index (κ1) is 11.6. The highest BCUT2D eigenvalue weighted by atomic mass is 14.9. The van der Waals surface area contributed by atoms with Crippen LogP contribution in [0.25, 0.3) is 0 Å². The SMILES string of the molecule is CCC(CC)Nc1c(C)cccc1C#N. The minimum Gasteiger partial charge on any atom is -0.381 e. The number of benzene rings is 1. The summed E-state index contributed by atoms with van der Waals surface area (Å²) < 4.78 is 0. The van der Waals surface area contributed by atoms with E-state index in [-0.39, 0.29) is 0 Å². The number of rotatable bonds is 4. The highest BCUT2D eigenvalue weighted by Gasteiger charge is 2.08. The van der Waals surface area contributed by atoms with E-state index in [1.165, 1.54) is 0 Å². The maximum atomic E-state index is 9.01. The largest absolute Gasteiger partial charge is 0.381 e. The topological polar surface area (TPSA) is 35.8 Å². The Labute approximate surface area is 91.9 Å². The fraction of sp³-hybridized carbons (Fsp3) is 0.462. The quantitative estimate of drug-likeness (QED) is 0.811. The van der Waals surface area contributed by atoms with Gasteiger partial charge in [0.05, 0.1) is 11.3 Å². The van der Waals surface area contributed by atoms with Gasteiger partial charge in [-0.05, 0) is 31.4 Å². The monoisotopic (exact) mass is 202 g/mol. The van der Waals surface area contributed by atoms with Crippen LogP contribution in [0, 0.1) is 18.3 Å². The van der Waals surface area contributed by atoms with Crippen LogP contribution >= 0.6 is 0 Å². The van der Waals surface area contributed by atoms with E-state index in [4.69, 9.17) is 5.26 Å². The van der Waals surface area contributed by atoms with Gasteiger partial charge in [-0.3, -0.25) is 0 Å². The number of para-hydroxylation sites is 1. The van der Waals surface area contributed by atoms with Crippen molar-refractivity contribution in [1.82, 2.24) is 0 Å². The van der Waals surface area contributed by atoms with E-state index in [0.717, 1.165) is 29.7 Å². The average molecular weight is 202 g/mol. The van der Waals surface area contributed by atoms with Crippen LogP contribution in [0.5, 0.6) is 0 Å². The highest BCUT2D eigenvalue weighted by Crippen LogP contribution is 2.21. The molecule has 0 heterocycles. The molecule has 1 rings (SSSR count). The zero-order valence-corrected chi connectivity index (χ0v) is 9.67. The Balaban J connectivity index is 2.97. The van der Waals surface area contributed by atoms with Gasteiger partial charge in [0.2, 0.25) is 0 Å². The molecular formula is C13H18N2. The Hall–Kier alpha value is -1.49.